The van der Waals surface area contributed by atoms with Crippen molar-refractivity contribution in [2.24, 2.45) is 0 Å². The van der Waals surface area contributed by atoms with Crippen molar-refractivity contribution in [3.8, 4) is 22.6 Å². The number of ether oxygens (including phenoxy) is 1. The number of carbonyl (C=O) groups is 2. The van der Waals surface area contributed by atoms with Gasteiger partial charge in [0.15, 0.2) is 11.6 Å². The van der Waals surface area contributed by atoms with E-state index in [2.05, 4.69) is 10.6 Å². The van der Waals surface area contributed by atoms with Gasteiger partial charge in [-0.2, -0.15) is 5.10 Å². The number of hydrogen-bond acceptors (Lipinski definition) is 4. The van der Waals surface area contributed by atoms with Crippen LogP contribution in [-0.4, -0.2) is 46.8 Å². The number of nitrogens with one attached hydrogen (secondary N) is 2. The van der Waals surface area contributed by atoms with E-state index >= 15 is 0 Å². The van der Waals surface area contributed by atoms with E-state index in [1.807, 2.05) is 56.3 Å². The van der Waals surface area contributed by atoms with Gasteiger partial charge in [0.1, 0.15) is 18.1 Å². The summed E-state index contributed by atoms with van der Waals surface area (Å²) in [6.45, 7) is 3.85. The first-order valence-corrected chi connectivity index (χ1v) is 12.9. The fraction of sp³-hybridized carbons (Fsp3) is 0.233. The first-order valence-electron chi connectivity index (χ1n) is 12.9. The molecule has 0 unspecified atom stereocenters. The molecule has 0 aliphatic heterocycles. The van der Waals surface area contributed by atoms with Crippen molar-refractivity contribution in [2.45, 2.75) is 26.7 Å². The number of halogens is 2. The minimum atomic E-state index is -1.08. The van der Waals surface area contributed by atoms with Gasteiger partial charge in [-0.15, -0.1) is 0 Å². The lowest BCUT2D eigenvalue weighted by atomic mass is 10.1. The Kier molecular flexibility index (Phi) is 9.11. The third kappa shape index (κ3) is 6.63. The molecule has 0 aliphatic carbocycles. The van der Waals surface area contributed by atoms with Crippen LogP contribution in [0, 0.1) is 18.6 Å². The average molecular weight is 548 g/mol. The highest BCUT2D eigenvalue weighted by atomic mass is 19.2. The van der Waals surface area contributed by atoms with Gasteiger partial charge in [-0.05, 0) is 55.3 Å². The van der Waals surface area contributed by atoms with Gasteiger partial charge in [-0.25, -0.2) is 18.3 Å². The zero-order valence-electron chi connectivity index (χ0n) is 22.6. The van der Waals surface area contributed by atoms with Crippen LogP contribution < -0.4 is 15.4 Å². The maximum absolute atomic E-state index is 13.7. The number of methoxy groups -OCH3 is 1. The second-order valence-corrected chi connectivity index (χ2v) is 9.17. The molecular formula is C30H31F2N5O3. The molecule has 0 bridgehead atoms. The summed E-state index contributed by atoms with van der Waals surface area (Å²) in [7, 11) is 1.58. The monoisotopic (exact) mass is 547 g/mol. The number of nitrogens with zero attached hydrogens (tertiary/aromatic N) is 3. The molecule has 0 saturated heterocycles. The molecular weight excluding hydrogens is 516 g/mol. The summed E-state index contributed by atoms with van der Waals surface area (Å²) in [5, 5.41) is 10.2. The van der Waals surface area contributed by atoms with Gasteiger partial charge >= 0.3 is 6.03 Å². The topological polar surface area (TPSA) is 88.5 Å². The van der Waals surface area contributed by atoms with E-state index in [1.165, 1.54) is 11.0 Å². The predicted octanol–water partition coefficient (Wildman–Crippen LogP) is 6.41. The summed E-state index contributed by atoms with van der Waals surface area (Å²) in [5.74, 6) is -1.40. The molecule has 3 amide bonds. The van der Waals surface area contributed by atoms with E-state index in [9.17, 15) is 18.4 Å². The van der Waals surface area contributed by atoms with Crippen molar-refractivity contribution in [2.75, 3.05) is 30.8 Å². The third-order valence-electron chi connectivity index (χ3n) is 6.27. The van der Waals surface area contributed by atoms with Crippen LogP contribution in [0.1, 0.15) is 25.5 Å². The van der Waals surface area contributed by atoms with E-state index in [-0.39, 0.29) is 12.2 Å². The largest absolute Gasteiger partial charge is 0.497 e. The molecule has 10 heteroatoms. The van der Waals surface area contributed by atoms with E-state index in [4.69, 9.17) is 9.84 Å². The van der Waals surface area contributed by atoms with Gasteiger partial charge in [0.2, 0.25) is 5.91 Å². The second kappa shape index (κ2) is 12.9. The molecule has 208 valence electrons. The van der Waals surface area contributed by atoms with Gasteiger partial charge in [0, 0.05) is 23.9 Å². The molecule has 0 spiro atoms. The summed E-state index contributed by atoms with van der Waals surface area (Å²) in [5.41, 5.74) is 3.12. The van der Waals surface area contributed by atoms with Gasteiger partial charge in [0.25, 0.3) is 0 Å². The Morgan fingerprint density at radius 2 is 1.70 bits per heavy atom. The minimum absolute atomic E-state index is 0.0883. The van der Waals surface area contributed by atoms with Crippen LogP contribution in [0.3, 0.4) is 0 Å². The second-order valence-electron chi connectivity index (χ2n) is 9.17. The molecule has 1 aromatic heterocycles. The lowest BCUT2D eigenvalue weighted by Crippen LogP contribution is -2.41. The van der Waals surface area contributed by atoms with E-state index in [0.717, 1.165) is 29.7 Å². The fourth-order valence-corrected chi connectivity index (χ4v) is 4.23. The third-order valence-corrected chi connectivity index (χ3v) is 6.27. The number of benzene rings is 3. The maximum Gasteiger partial charge on any atom is 0.322 e. The first kappa shape index (κ1) is 28.3. The minimum Gasteiger partial charge on any atom is -0.497 e. The zero-order chi connectivity index (χ0) is 28.6. The van der Waals surface area contributed by atoms with Crippen LogP contribution in [-0.2, 0) is 4.79 Å². The Labute approximate surface area is 231 Å². The molecule has 0 saturated carbocycles. The van der Waals surface area contributed by atoms with Crippen LogP contribution in [0.25, 0.3) is 16.8 Å². The smallest absolute Gasteiger partial charge is 0.322 e. The van der Waals surface area contributed by atoms with Crippen LogP contribution >= 0.6 is 0 Å². The van der Waals surface area contributed by atoms with Crippen molar-refractivity contribution in [1.29, 1.82) is 0 Å². The summed E-state index contributed by atoms with van der Waals surface area (Å²) in [6.07, 6.45) is 1.44. The molecule has 4 aromatic rings. The maximum atomic E-state index is 13.7. The van der Waals surface area contributed by atoms with Crippen molar-refractivity contribution in [3.63, 3.8) is 0 Å². The quantitative estimate of drug-likeness (QED) is 0.240. The van der Waals surface area contributed by atoms with Crippen molar-refractivity contribution in [3.05, 3.63) is 90.1 Å². The van der Waals surface area contributed by atoms with E-state index in [0.29, 0.717) is 35.9 Å². The van der Waals surface area contributed by atoms with E-state index < -0.39 is 23.6 Å². The molecule has 3 aromatic carbocycles. The summed E-state index contributed by atoms with van der Waals surface area (Å²) in [4.78, 5) is 27.8. The Hall–Kier alpha value is -4.73. The number of carbonyl (C=O) groups excluding carboxylic acids is 2. The zero-order valence-corrected chi connectivity index (χ0v) is 22.6. The van der Waals surface area contributed by atoms with Gasteiger partial charge < -0.3 is 20.3 Å². The Morgan fingerprint density at radius 3 is 2.35 bits per heavy atom. The highest BCUT2D eigenvalue weighted by molar-refractivity contribution is 5.99. The molecule has 8 nitrogen and oxygen atoms in total. The predicted molar refractivity (Wildman–Crippen MR) is 151 cm³/mol. The van der Waals surface area contributed by atoms with Crippen molar-refractivity contribution >= 4 is 23.4 Å². The van der Waals surface area contributed by atoms with Gasteiger partial charge in [-0.3, -0.25) is 4.79 Å². The van der Waals surface area contributed by atoms with Crippen LogP contribution in [0.2, 0.25) is 0 Å². The number of anilines is 2. The summed E-state index contributed by atoms with van der Waals surface area (Å²) in [6, 6.07) is 19.3. The normalized spacial score (nSPS) is 10.7. The molecule has 1 heterocycles. The number of rotatable bonds is 10. The fourth-order valence-electron chi connectivity index (χ4n) is 4.23. The summed E-state index contributed by atoms with van der Waals surface area (Å²) >= 11 is 0. The number of aryl methyl sites for hydroxylation is 1. The molecule has 0 atom stereocenters. The highest BCUT2D eigenvalue weighted by Gasteiger charge is 2.23. The number of aromatic nitrogens is 2. The van der Waals surface area contributed by atoms with Crippen LogP contribution in [0.4, 0.5) is 25.1 Å². The van der Waals surface area contributed by atoms with E-state index in [1.54, 1.807) is 23.9 Å². The average Bonchev–Trinajstić information content (AvgIpc) is 3.28. The molecule has 0 radical (unpaired) electrons. The molecule has 0 fully saturated rings. The number of urea groups is 1. The lowest BCUT2D eigenvalue weighted by Gasteiger charge is -2.23. The number of amides is 3. The van der Waals surface area contributed by atoms with Gasteiger partial charge in [-0.1, -0.05) is 43.7 Å². The number of hydrogen-bond donors (Lipinski definition) is 2. The molecule has 0 aliphatic rings. The Bertz CT molecular complexity index is 1470. The number of unbranched alkanes of at least 4 members (excludes halogenated alkanes) is 1. The Morgan fingerprint density at radius 1 is 0.975 bits per heavy atom. The summed E-state index contributed by atoms with van der Waals surface area (Å²) < 4.78 is 33.9. The van der Waals surface area contributed by atoms with Crippen molar-refractivity contribution < 1.29 is 23.1 Å². The standard InChI is InChI=1S/C30H31F2N5O3/c1-4-5-17-36(30(39)33-22-11-16-25(31)26(32)18-22)19-27(38)34-29-28(21-9-7-6-8-10-21)20(2)35-37(29)23-12-14-24(40-3)15-13-23/h6-16,18H,4-5,17,19H2,1-3H3,(H,33,39)(H,34,38). The highest BCUT2D eigenvalue weighted by Crippen LogP contribution is 2.33. The Balaban J connectivity index is 1.62. The van der Waals surface area contributed by atoms with Gasteiger partial charge in [0.05, 0.1) is 18.5 Å². The molecule has 40 heavy (non-hydrogen) atoms. The lowest BCUT2D eigenvalue weighted by molar-refractivity contribution is -0.116. The first-order chi connectivity index (χ1) is 19.3. The van der Waals surface area contributed by atoms with Crippen molar-refractivity contribution in [1.82, 2.24) is 14.7 Å². The molecule has 2 N–H and O–H groups in total. The van der Waals surface area contributed by atoms with Crippen LogP contribution in [0.15, 0.2) is 72.8 Å². The SMILES string of the molecule is CCCCN(CC(=O)Nc1c(-c2ccccc2)c(C)nn1-c1ccc(OC)cc1)C(=O)Nc1ccc(F)c(F)c1. The molecule has 4 rings (SSSR count). The van der Waals surface area contributed by atoms with Crippen LogP contribution in [0.5, 0.6) is 5.75 Å².